The first-order chi connectivity index (χ1) is 13.0. The lowest BCUT2D eigenvalue weighted by Crippen LogP contribution is -2.16. The van der Waals surface area contributed by atoms with Crippen LogP contribution < -0.4 is 5.32 Å². The van der Waals surface area contributed by atoms with Gasteiger partial charge >= 0.3 is 5.97 Å². The van der Waals surface area contributed by atoms with Gasteiger partial charge in [-0.1, -0.05) is 0 Å². The number of rotatable bonds is 5. The van der Waals surface area contributed by atoms with Crippen LogP contribution >= 0.6 is 22.7 Å². The Kier molecular flexibility index (Phi) is 6.09. The van der Waals surface area contributed by atoms with E-state index in [9.17, 15) is 14.9 Å². The average molecular weight is 401 g/mol. The number of carbonyl (C=O) groups is 2. The lowest BCUT2D eigenvalue weighted by Gasteiger charge is -2.12. The molecule has 0 aliphatic heterocycles. The Bertz CT molecular complexity index is 947. The third kappa shape index (κ3) is 4.12. The molecule has 1 aliphatic carbocycles. The minimum atomic E-state index is -0.505. The largest absolute Gasteiger partial charge is 0.462 e. The number of aryl methyl sites for hydroxylation is 2. The fourth-order valence-corrected chi connectivity index (χ4v) is 5.19. The van der Waals surface area contributed by atoms with Crippen molar-refractivity contribution in [3.05, 3.63) is 43.5 Å². The van der Waals surface area contributed by atoms with E-state index in [1.54, 1.807) is 13.0 Å². The molecule has 0 unspecified atom stereocenters. The number of thiophene rings is 2. The summed E-state index contributed by atoms with van der Waals surface area (Å²) >= 11 is 2.89. The lowest BCUT2D eigenvalue weighted by molar-refractivity contribution is -0.112. The summed E-state index contributed by atoms with van der Waals surface area (Å²) in [6, 6.07) is 3.91. The number of hydrogen-bond donors (Lipinski definition) is 1. The molecule has 0 saturated carbocycles. The molecule has 0 bridgehead atoms. The Morgan fingerprint density at radius 1 is 1.37 bits per heavy atom. The van der Waals surface area contributed by atoms with E-state index in [4.69, 9.17) is 4.74 Å². The van der Waals surface area contributed by atoms with Gasteiger partial charge in [0, 0.05) is 9.75 Å². The normalized spacial score (nSPS) is 13.6. The second-order valence-electron chi connectivity index (χ2n) is 6.23. The van der Waals surface area contributed by atoms with Gasteiger partial charge < -0.3 is 10.1 Å². The number of hydrogen-bond acceptors (Lipinski definition) is 6. The summed E-state index contributed by atoms with van der Waals surface area (Å²) < 4.78 is 5.20. The molecule has 0 fully saturated rings. The number of ether oxygens (including phenoxy) is 1. The number of nitriles is 1. The maximum absolute atomic E-state index is 12.7. The summed E-state index contributed by atoms with van der Waals surface area (Å²) in [4.78, 5) is 27.2. The van der Waals surface area contributed by atoms with Crippen LogP contribution in [0.25, 0.3) is 6.08 Å². The molecule has 0 spiro atoms. The Hall–Kier alpha value is -2.43. The van der Waals surface area contributed by atoms with Crippen molar-refractivity contribution < 1.29 is 14.3 Å². The van der Waals surface area contributed by atoms with Crippen LogP contribution in [-0.2, 0) is 22.4 Å². The fourth-order valence-electron chi connectivity index (χ4n) is 3.06. The molecule has 2 aromatic rings. The van der Waals surface area contributed by atoms with Gasteiger partial charge in [0.05, 0.1) is 12.2 Å². The van der Waals surface area contributed by atoms with E-state index >= 15 is 0 Å². The van der Waals surface area contributed by atoms with Crippen molar-refractivity contribution in [3.63, 3.8) is 0 Å². The van der Waals surface area contributed by atoms with Gasteiger partial charge in [-0.2, -0.15) is 5.26 Å². The van der Waals surface area contributed by atoms with E-state index in [0.717, 1.165) is 46.6 Å². The first-order valence-corrected chi connectivity index (χ1v) is 10.5. The molecule has 1 aliphatic rings. The molecule has 2 heterocycles. The highest BCUT2D eigenvalue weighted by atomic mass is 32.1. The predicted octanol–water partition coefficient (Wildman–Crippen LogP) is 4.72. The Morgan fingerprint density at radius 2 is 2.15 bits per heavy atom. The number of carbonyl (C=O) groups excluding carboxylic acids is 2. The van der Waals surface area contributed by atoms with E-state index in [0.29, 0.717) is 10.6 Å². The monoisotopic (exact) mass is 400 g/mol. The maximum Gasteiger partial charge on any atom is 0.341 e. The molecular formula is C20H20N2O3S2. The highest BCUT2D eigenvalue weighted by Crippen LogP contribution is 2.38. The van der Waals surface area contributed by atoms with Gasteiger partial charge in [-0.3, -0.25) is 4.79 Å². The zero-order valence-electron chi connectivity index (χ0n) is 15.3. The zero-order valence-corrected chi connectivity index (χ0v) is 16.9. The number of fused-ring (bicyclic) bond motifs is 1. The van der Waals surface area contributed by atoms with Crippen LogP contribution in [0.1, 0.15) is 51.0 Å². The van der Waals surface area contributed by atoms with E-state index in [-0.39, 0.29) is 12.2 Å². The minimum absolute atomic E-state index is 0.0155. The van der Waals surface area contributed by atoms with E-state index in [1.807, 2.05) is 24.4 Å². The summed E-state index contributed by atoms with van der Waals surface area (Å²) in [5.74, 6) is -0.918. The summed E-state index contributed by atoms with van der Waals surface area (Å²) in [6.45, 7) is 3.97. The van der Waals surface area contributed by atoms with Crippen molar-refractivity contribution in [1.29, 1.82) is 5.26 Å². The van der Waals surface area contributed by atoms with Crippen LogP contribution in [-0.4, -0.2) is 18.5 Å². The molecule has 1 N–H and O–H groups in total. The van der Waals surface area contributed by atoms with Crippen molar-refractivity contribution >= 4 is 45.6 Å². The Labute approximate surface area is 166 Å². The van der Waals surface area contributed by atoms with E-state index < -0.39 is 11.9 Å². The van der Waals surface area contributed by atoms with Crippen LogP contribution in [0.2, 0.25) is 0 Å². The second kappa shape index (κ2) is 8.51. The average Bonchev–Trinajstić information content (AvgIpc) is 3.22. The minimum Gasteiger partial charge on any atom is -0.462 e. The number of nitrogens with zero attached hydrogens (tertiary/aromatic N) is 1. The standard InChI is InChI=1S/C20H20N2O3S2/c1-3-25-20(24)17-14-6-4-5-7-15(14)27-19(17)22-18(23)13(11-21)10-16-12(2)8-9-26-16/h8-10H,3-7H2,1-2H3,(H,22,23). The van der Waals surface area contributed by atoms with Gasteiger partial charge in [0.2, 0.25) is 0 Å². The lowest BCUT2D eigenvalue weighted by atomic mass is 9.95. The topological polar surface area (TPSA) is 79.2 Å². The molecular weight excluding hydrogens is 380 g/mol. The molecule has 5 nitrogen and oxygen atoms in total. The molecule has 0 radical (unpaired) electrons. The molecule has 0 atom stereocenters. The smallest absolute Gasteiger partial charge is 0.341 e. The van der Waals surface area contributed by atoms with Gasteiger partial charge in [-0.05, 0) is 68.2 Å². The summed E-state index contributed by atoms with van der Waals surface area (Å²) in [6.07, 6.45) is 5.39. The number of anilines is 1. The predicted molar refractivity (Wildman–Crippen MR) is 108 cm³/mol. The van der Waals surface area contributed by atoms with Crippen LogP contribution in [0.15, 0.2) is 17.0 Å². The molecule has 27 heavy (non-hydrogen) atoms. The molecule has 7 heteroatoms. The van der Waals surface area contributed by atoms with Gasteiger partial charge in [0.25, 0.3) is 5.91 Å². The van der Waals surface area contributed by atoms with Gasteiger partial charge in [0.15, 0.2) is 0 Å². The van der Waals surface area contributed by atoms with Crippen molar-refractivity contribution in [2.75, 3.05) is 11.9 Å². The van der Waals surface area contributed by atoms with Crippen LogP contribution in [0.3, 0.4) is 0 Å². The van der Waals surface area contributed by atoms with E-state index in [2.05, 4.69) is 5.32 Å². The first kappa shape index (κ1) is 19.3. The highest BCUT2D eigenvalue weighted by molar-refractivity contribution is 7.17. The number of nitrogens with one attached hydrogen (secondary N) is 1. The summed E-state index contributed by atoms with van der Waals surface area (Å²) in [5, 5.41) is 14.6. The van der Waals surface area contributed by atoms with Crippen LogP contribution in [0.5, 0.6) is 0 Å². The third-order valence-electron chi connectivity index (χ3n) is 4.42. The third-order valence-corrected chi connectivity index (χ3v) is 6.59. The molecule has 3 rings (SSSR count). The van der Waals surface area contributed by atoms with E-state index in [1.165, 1.54) is 22.7 Å². The Balaban J connectivity index is 1.92. The SMILES string of the molecule is CCOC(=O)c1c(NC(=O)C(C#N)=Cc2sccc2C)sc2c1CCCC2. The summed E-state index contributed by atoms with van der Waals surface area (Å²) in [5.41, 5.74) is 2.46. The molecule has 1 amide bonds. The van der Waals surface area contributed by atoms with Gasteiger partial charge in [-0.15, -0.1) is 22.7 Å². The molecule has 140 valence electrons. The second-order valence-corrected chi connectivity index (χ2v) is 8.28. The van der Waals surface area contributed by atoms with Crippen molar-refractivity contribution in [2.45, 2.75) is 39.5 Å². The van der Waals surface area contributed by atoms with Crippen molar-refractivity contribution in [3.8, 4) is 6.07 Å². The number of esters is 1. The van der Waals surface area contributed by atoms with Crippen molar-refractivity contribution in [1.82, 2.24) is 0 Å². The van der Waals surface area contributed by atoms with Crippen LogP contribution in [0.4, 0.5) is 5.00 Å². The van der Waals surface area contributed by atoms with Gasteiger partial charge in [-0.25, -0.2) is 4.79 Å². The van der Waals surface area contributed by atoms with Crippen LogP contribution in [0, 0.1) is 18.3 Å². The molecule has 2 aromatic heterocycles. The fraction of sp³-hybridized carbons (Fsp3) is 0.350. The highest BCUT2D eigenvalue weighted by Gasteiger charge is 2.27. The number of amides is 1. The maximum atomic E-state index is 12.7. The quantitative estimate of drug-likeness (QED) is 0.447. The zero-order chi connectivity index (χ0) is 19.4. The molecule has 0 saturated heterocycles. The molecule has 0 aromatic carbocycles. The van der Waals surface area contributed by atoms with Gasteiger partial charge in [0.1, 0.15) is 16.6 Å². The summed E-state index contributed by atoms with van der Waals surface area (Å²) in [7, 11) is 0. The first-order valence-electron chi connectivity index (χ1n) is 8.84. The van der Waals surface area contributed by atoms with Crippen molar-refractivity contribution in [2.24, 2.45) is 0 Å². The Morgan fingerprint density at radius 3 is 2.81 bits per heavy atom.